The van der Waals surface area contributed by atoms with Gasteiger partial charge in [0.05, 0.1) is 6.54 Å². The van der Waals surface area contributed by atoms with E-state index in [9.17, 15) is 14.4 Å². The molecule has 1 unspecified atom stereocenters. The number of amides is 4. The summed E-state index contributed by atoms with van der Waals surface area (Å²) < 4.78 is 0. The van der Waals surface area contributed by atoms with Crippen LogP contribution in [0.5, 0.6) is 0 Å². The van der Waals surface area contributed by atoms with Gasteiger partial charge in [-0.25, -0.2) is 4.79 Å². The molecule has 29 heavy (non-hydrogen) atoms. The highest BCUT2D eigenvalue weighted by Gasteiger charge is 2.48. The van der Waals surface area contributed by atoms with Gasteiger partial charge in [0.15, 0.2) is 0 Å². The topological polar surface area (TPSA) is 57.7 Å². The molecule has 1 aliphatic heterocycles. The first-order valence-corrected chi connectivity index (χ1v) is 10.3. The quantitative estimate of drug-likeness (QED) is 0.727. The van der Waals surface area contributed by atoms with Crippen LogP contribution in [0.3, 0.4) is 0 Å². The Balaban J connectivity index is 1.73. The summed E-state index contributed by atoms with van der Waals surface area (Å²) in [6.45, 7) is 2.12. The first-order chi connectivity index (χ1) is 14.1. The number of carbonyl (C=O) groups excluding carboxylic acids is 3. The van der Waals surface area contributed by atoms with Gasteiger partial charge in [-0.3, -0.25) is 19.4 Å². The zero-order chi connectivity index (χ0) is 20.4. The molecule has 4 amide bonds. The van der Waals surface area contributed by atoms with Crippen molar-refractivity contribution in [2.75, 3.05) is 0 Å². The van der Waals surface area contributed by atoms with E-state index in [1.807, 2.05) is 61.5 Å². The van der Waals surface area contributed by atoms with Gasteiger partial charge in [0.25, 0.3) is 0 Å². The summed E-state index contributed by atoms with van der Waals surface area (Å²) in [7, 11) is 0. The van der Waals surface area contributed by atoms with E-state index < -0.39 is 17.9 Å². The lowest BCUT2D eigenvalue weighted by Crippen LogP contribution is -2.61. The maximum atomic E-state index is 13.4. The molecule has 5 nitrogen and oxygen atoms in total. The molecule has 2 fully saturated rings. The Morgan fingerprint density at radius 3 is 2.28 bits per heavy atom. The number of hydrogen-bond acceptors (Lipinski definition) is 3. The largest absolute Gasteiger partial charge is 0.334 e. The lowest BCUT2D eigenvalue weighted by Gasteiger charge is -2.42. The highest BCUT2D eigenvalue weighted by atomic mass is 16.2. The minimum Gasteiger partial charge on any atom is -0.273 e. The summed E-state index contributed by atoms with van der Waals surface area (Å²) in [6.07, 6.45) is 4.75. The number of hydrogen-bond donors (Lipinski definition) is 0. The summed E-state index contributed by atoms with van der Waals surface area (Å²) in [5.41, 5.74) is 2.51. The zero-order valence-electron chi connectivity index (χ0n) is 16.7. The second-order valence-electron chi connectivity index (χ2n) is 8.04. The molecule has 2 aromatic rings. The SMILES string of the molecule is Cc1cccc(C2C(=O)N(Cc3ccccc3)C(=O)N(C3CCCCC3)C2=O)c1. The fourth-order valence-electron chi connectivity index (χ4n) is 4.44. The average molecular weight is 390 g/mol. The number of barbiturate groups is 1. The number of aryl methyl sites for hydroxylation is 1. The maximum absolute atomic E-state index is 13.4. The molecule has 1 saturated carbocycles. The van der Waals surface area contributed by atoms with Crippen LogP contribution in [0.2, 0.25) is 0 Å². The molecule has 1 saturated heterocycles. The van der Waals surface area contributed by atoms with E-state index in [1.165, 1.54) is 9.80 Å². The third-order valence-electron chi connectivity index (χ3n) is 5.93. The number of nitrogens with zero attached hydrogens (tertiary/aromatic N) is 2. The van der Waals surface area contributed by atoms with Crippen LogP contribution < -0.4 is 0 Å². The van der Waals surface area contributed by atoms with Crippen molar-refractivity contribution in [3.05, 3.63) is 71.3 Å². The normalized spacial score (nSPS) is 21.0. The lowest BCUT2D eigenvalue weighted by atomic mass is 9.89. The molecular formula is C24H26N2O3. The lowest BCUT2D eigenvalue weighted by molar-refractivity contribution is -0.147. The van der Waals surface area contributed by atoms with Gasteiger partial charge in [0, 0.05) is 6.04 Å². The Labute approximate surface area is 171 Å². The van der Waals surface area contributed by atoms with E-state index in [-0.39, 0.29) is 18.5 Å². The van der Waals surface area contributed by atoms with Gasteiger partial charge in [-0.1, -0.05) is 79.4 Å². The average Bonchev–Trinajstić information content (AvgIpc) is 2.73. The number of benzene rings is 2. The minimum absolute atomic E-state index is 0.123. The Hall–Kier alpha value is -2.95. The Morgan fingerprint density at radius 2 is 1.59 bits per heavy atom. The van der Waals surface area contributed by atoms with E-state index in [2.05, 4.69) is 0 Å². The first kappa shape index (κ1) is 19.4. The zero-order valence-corrected chi connectivity index (χ0v) is 16.7. The molecule has 0 bridgehead atoms. The molecular weight excluding hydrogens is 364 g/mol. The van der Waals surface area contributed by atoms with Crippen LogP contribution in [0.15, 0.2) is 54.6 Å². The molecule has 2 aromatic carbocycles. The van der Waals surface area contributed by atoms with E-state index >= 15 is 0 Å². The van der Waals surface area contributed by atoms with Crippen molar-refractivity contribution < 1.29 is 14.4 Å². The van der Waals surface area contributed by atoms with Crippen molar-refractivity contribution in [3.8, 4) is 0 Å². The molecule has 0 aromatic heterocycles. The number of imide groups is 2. The van der Waals surface area contributed by atoms with Crippen molar-refractivity contribution in [1.29, 1.82) is 0 Å². The summed E-state index contributed by atoms with van der Waals surface area (Å²) in [5.74, 6) is -1.76. The molecule has 1 heterocycles. The number of urea groups is 1. The fourth-order valence-corrected chi connectivity index (χ4v) is 4.44. The molecule has 2 aliphatic rings. The van der Waals surface area contributed by atoms with Gasteiger partial charge >= 0.3 is 6.03 Å². The van der Waals surface area contributed by atoms with Crippen LogP contribution in [-0.2, 0) is 16.1 Å². The van der Waals surface area contributed by atoms with Gasteiger partial charge in [0.2, 0.25) is 11.8 Å². The van der Waals surface area contributed by atoms with Gasteiger partial charge in [-0.15, -0.1) is 0 Å². The van der Waals surface area contributed by atoms with E-state index in [4.69, 9.17) is 0 Å². The van der Waals surface area contributed by atoms with Crippen LogP contribution in [0.4, 0.5) is 4.79 Å². The summed E-state index contributed by atoms with van der Waals surface area (Å²) >= 11 is 0. The third kappa shape index (κ3) is 3.82. The summed E-state index contributed by atoms with van der Waals surface area (Å²) in [6, 6.07) is 16.3. The maximum Gasteiger partial charge on any atom is 0.334 e. The van der Waals surface area contributed by atoms with Crippen LogP contribution in [0, 0.1) is 6.92 Å². The summed E-state index contributed by atoms with van der Waals surface area (Å²) in [4.78, 5) is 42.7. The van der Waals surface area contributed by atoms with Crippen molar-refractivity contribution in [2.45, 2.75) is 57.5 Å². The van der Waals surface area contributed by atoms with Gasteiger partial charge in [-0.2, -0.15) is 0 Å². The molecule has 0 N–H and O–H groups in total. The smallest absolute Gasteiger partial charge is 0.273 e. The third-order valence-corrected chi connectivity index (χ3v) is 5.93. The minimum atomic E-state index is -0.960. The first-order valence-electron chi connectivity index (χ1n) is 10.3. The Kier molecular flexibility index (Phi) is 5.47. The molecule has 5 heteroatoms. The van der Waals surface area contributed by atoms with Gasteiger partial charge < -0.3 is 0 Å². The predicted molar refractivity (Wildman–Crippen MR) is 110 cm³/mol. The van der Waals surface area contributed by atoms with E-state index in [0.717, 1.165) is 43.2 Å². The van der Waals surface area contributed by atoms with Crippen LogP contribution in [0.25, 0.3) is 0 Å². The van der Waals surface area contributed by atoms with Crippen LogP contribution in [-0.4, -0.2) is 33.7 Å². The highest BCUT2D eigenvalue weighted by Crippen LogP contribution is 2.33. The predicted octanol–water partition coefficient (Wildman–Crippen LogP) is 4.40. The second-order valence-corrected chi connectivity index (χ2v) is 8.04. The number of rotatable bonds is 4. The molecule has 4 rings (SSSR count). The molecule has 1 aliphatic carbocycles. The van der Waals surface area contributed by atoms with Crippen LogP contribution in [0.1, 0.15) is 54.7 Å². The van der Waals surface area contributed by atoms with E-state index in [1.54, 1.807) is 0 Å². The molecule has 0 spiro atoms. The van der Waals surface area contributed by atoms with Gasteiger partial charge in [-0.05, 0) is 30.9 Å². The van der Waals surface area contributed by atoms with E-state index in [0.29, 0.717) is 5.56 Å². The Morgan fingerprint density at radius 1 is 0.862 bits per heavy atom. The van der Waals surface area contributed by atoms with Gasteiger partial charge in [0.1, 0.15) is 5.92 Å². The molecule has 1 atom stereocenters. The van der Waals surface area contributed by atoms with Crippen molar-refractivity contribution in [1.82, 2.24) is 9.80 Å². The second kappa shape index (κ2) is 8.19. The van der Waals surface area contributed by atoms with Crippen molar-refractivity contribution in [3.63, 3.8) is 0 Å². The number of carbonyl (C=O) groups is 3. The van der Waals surface area contributed by atoms with Crippen molar-refractivity contribution in [2.24, 2.45) is 0 Å². The summed E-state index contributed by atoms with van der Waals surface area (Å²) in [5, 5.41) is 0. The monoisotopic (exact) mass is 390 g/mol. The van der Waals surface area contributed by atoms with Crippen LogP contribution >= 0.6 is 0 Å². The standard InChI is InChI=1S/C24H26N2O3/c1-17-9-8-12-19(15-17)21-22(27)25(16-18-10-4-2-5-11-18)24(29)26(23(21)28)20-13-6-3-7-14-20/h2,4-5,8-12,15,20-21H,3,6-7,13-14,16H2,1H3. The fraction of sp³-hybridized carbons (Fsp3) is 0.375. The van der Waals surface area contributed by atoms with Crippen molar-refractivity contribution >= 4 is 17.8 Å². The highest BCUT2D eigenvalue weighted by molar-refractivity contribution is 6.19. The molecule has 150 valence electrons. The Bertz CT molecular complexity index is 919. The molecule has 0 radical (unpaired) electrons.